The molecule has 1 fully saturated rings. The fraction of sp³-hybridized carbons (Fsp3) is 0.500. The van der Waals surface area contributed by atoms with Crippen LogP contribution in [0.15, 0.2) is 48.5 Å². The maximum atomic E-state index is 13.5. The Morgan fingerprint density at radius 3 is 2.36 bits per heavy atom. The first-order valence-electron chi connectivity index (χ1n) is 13.2. The highest BCUT2D eigenvalue weighted by molar-refractivity contribution is 7.91. The molecule has 3 rings (SSSR count). The molecule has 0 aromatic heterocycles. The zero-order valence-electron chi connectivity index (χ0n) is 23.3. The van der Waals surface area contributed by atoms with E-state index in [2.05, 4.69) is 5.32 Å². The second-order valence-corrected chi connectivity index (χ2v) is 13.4. The molecule has 1 aliphatic rings. The first kappa shape index (κ1) is 33.6. The number of aliphatic hydroxyl groups is 1. The molecule has 42 heavy (non-hydrogen) atoms. The summed E-state index contributed by atoms with van der Waals surface area (Å²) in [5.41, 5.74) is 7.26. The third-order valence-electron chi connectivity index (χ3n) is 7.25. The van der Waals surface area contributed by atoms with E-state index in [-0.39, 0.29) is 19.4 Å². The minimum atomic E-state index is -5.02. The van der Waals surface area contributed by atoms with Crippen molar-refractivity contribution in [2.45, 2.75) is 68.1 Å². The molecule has 0 bridgehead atoms. The summed E-state index contributed by atoms with van der Waals surface area (Å²) in [6.07, 6.45) is -8.22. The molecule has 14 heteroatoms. The third-order valence-corrected chi connectivity index (χ3v) is 9.58. The van der Waals surface area contributed by atoms with Crippen LogP contribution in [0.4, 0.5) is 13.2 Å². The number of methoxy groups -OCH3 is 1. The summed E-state index contributed by atoms with van der Waals surface area (Å²) < 4.78 is 71.9. The van der Waals surface area contributed by atoms with Crippen LogP contribution in [0.2, 0.25) is 5.02 Å². The Morgan fingerprint density at radius 2 is 1.81 bits per heavy atom. The molecular weight excluding hydrogens is 599 g/mol. The van der Waals surface area contributed by atoms with Crippen LogP contribution in [0, 0.1) is 5.92 Å². The fourth-order valence-electron chi connectivity index (χ4n) is 4.91. The number of rotatable bonds is 11. The molecule has 9 nitrogen and oxygen atoms in total. The molecule has 0 spiro atoms. The van der Waals surface area contributed by atoms with E-state index in [0.717, 1.165) is 4.90 Å². The average Bonchev–Trinajstić information content (AvgIpc) is 3.37. The monoisotopic (exact) mass is 633 g/mol. The van der Waals surface area contributed by atoms with Crippen LogP contribution in [0.5, 0.6) is 5.75 Å². The topological polar surface area (TPSA) is 139 Å². The quantitative estimate of drug-likeness (QED) is 0.346. The molecular formula is C28H35ClF3N3O6S. The maximum absolute atomic E-state index is 13.5. The van der Waals surface area contributed by atoms with Gasteiger partial charge in [0.05, 0.1) is 30.2 Å². The van der Waals surface area contributed by atoms with Crippen molar-refractivity contribution in [2.24, 2.45) is 11.7 Å². The minimum absolute atomic E-state index is 0.0227. The predicted octanol–water partition coefficient (Wildman–Crippen LogP) is 2.87. The Labute approximate surface area is 248 Å². The molecule has 2 amide bonds. The van der Waals surface area contributed by atoms with Gasteiger partial charge in [-0.1, -0.05) is 49.7 Å². The largest absolute Gasteiger partial charge is 0.497 e. The second-order valence-electron chi connectivity index (χ2n) is 10.7. The SMILES string of the molecule is COc1ccc(CS(=O)(=O)[C@@H]2C[C@@H](C(=O)N[C@@H](C(C)C)[C@H](O)C(F)(F)F)N(C(=O)[C@@H](N)Cc3cccc(Cl)c3)C2)cc1. The number of benzene rings is 2. The highest BCUT2D eigenvalue weighted by Crippen LogP contribution is 2.30. The number of carbonyl (C=O) groups excluding carboxylic acids is 2. The molecule has 1 heterocycles. The van der Waals surface area contributed by atoms with Crippen LogP contribution in [0.1, 0.15) is 31.4 Å². The zero-order chi connectivity index (χ0) is 31.4. The molecule has 0 unspecified atom stereocenters. The number of carbonyl (C=O) groups is 2. The average molecular weight is 634 g/mol. The summed E-state index contributed by atoms with van der Waals surface area (Å²) in [5, 5.41) is 11.3. The van der Waals surface area contributed by atoms with Gasteiger partial charge >= 0.3 is 6.18 Å². The lowest BCUT2D eigenvalue weighted by atomic mass is 9.97. The summed E-state index contributed by atoms with van der Waals surface area (Å²) in [6, 6.07) is 8.59. The van der Waals surface area contributed by atoms with E-state index in [0.29, 0.717) is 21.9 Å². The smallest absolute Gasteiger partial charge is 0.416 e. The van der Waals surface area contributed by atoms with Gasteiger partial charge in [0.25, 0.3) is 0 Å². The highest BCUT2D eigenvalue weighted by Gasteiger charge is 2.49. The van der Waals surface area contributed by atoms with Gasteiger partial charge in [-0.05, 0) is 54.2 Å². The normalized spacial score (nSPS) is 19.8. The van der Waals surface area contributed by atoms with Crippen molar-refractivity contribution in [3.8, 4) is 5.75 Å². The van der Waals surface area contributed by atoms with Gasteiger partial charge in [0.1, 0.15) is 11.8 Å². The van der Waals surface area contributed by atoms with Crippen LogP contribution in [0.3, 0.4) is 0 Å². The van der Waals surface area contributed by atoms with Gasteiger partial charge in [-0.3, -0.25) is 9.59 Å². The van der Waals surface area contributed by atoms with Gasteiger partial charge in [-0.2, -0.15) is 13.2 Å². The Morgan fingerprint density at radius 1 is 1.17 bits per heavy atom. The lowest BCUT2D eigenvalue weighted by molar-refractivity contribution is -0.215. The maximum Gasteiger partial charge on any atom is 0.416 e. The van der Waals surface area contributed by atoms with Gasteiger partial charge in [0.15, 0.2) is 15.9 Å². The fourth-order valence-corrected chi connectivity index (χ4v) is 6.88. The van der Waals surface area contributed by atoms with Crippen molar-refractivity contribution in [2.75, 3.05) is 13.7 Å². The van der Waals surface area contributed by atoms with Gasteiger partial charge < -0.3 is 25.8 Å². The number of aliphatic hydroxyl groups excluding tert-OH is 1. The number of amides is 2. The van der Waals surface area contributed by atoms with Gasteiger partial charge in [-0.15, -0.1) is 0 Å². The van der Waals surface area contributed by atoms with E-state index in [1.54, 1.807) is 48.5 Å². The van der Waals surface area contributed by atoms with E-state index in [1.165, 1.54) is 21.0 Å². The van der Waals surface area contributed by atoms with Crippen molar-refractivity contribution < 1.29 is 41.0 Å². The van der Waals surface area contributed by atoms with Crippen LogP contribution < -0.4 is 15.8 Å². The van der Waals surface area contributed by atoms with Crippen LogP contribution in [0.25, 0.3) is 0 Å². The number of alkyl halides is 3. The molecule has 232 valence electrons. The number of hydrogen-bond donors (Lipinski definition) is 3. The van der Waals surface area contributed by atoms with E-state index >= 15 is 0 Å². The number of ether oxygens (including phenoxy) is 1. The molecule has 4 N–H and O–H groups in total. The van der Waals surface area contributed by atoms with E-state index in [1.807, 2.05) is 0 Å². The summed E-state index contributed by atoms with van der Waals surface area (Å²) in [7, 11) is -2.47. The molecule has 5 atom stereocenters. The first-order valence-corrected chi connectivity index (χ1v) is 15.3. The van der Waals surface area contributed by atoms with Crippen molar-refractivity contribution in [1.29, 1.82) is 0 Å². The molecule has 2 aromatic rings. The van der Waals surface area contributed by atoms with Crippen molar-refractivity contribution in [3.05, 3.63) is 64.7 Å². The van der Waals surface area contributed by atoms with Gasteiger partial charge in [-0.25, -0.2) is 8.42 Å². The summed E-state index contributed by atoms with van der Waals surface area (Å²) in [6.45, 7) is 2.40. The van der Waals surface area contributed by atoms with Crippen molar-refractivity contribution in [3.63, 3.8) is 0 Å². The van der Waals surface area contributed by atoms with E-state index in [9.17, 15) is 36.3 Å². The van der Waals surface area contributed by atoms with Crippen molar-refractivity contribution >= 4 is 33.3 Å². The Bertz CT molecular complexity index is 1360. The molecule has 1 saturated heterocycles. The molecule has 0 aliphatic carbocycles. The first-order chi connectivity index (χ1) is 19.5. The number of hydrogen-bond acceptors (Lipinski definition) is 7. The second kappa shape index (κ2) is 13.6. The van der Waals surface area contributed by atoms with Crippen LogP contribution in [-0.4, -0.2) is 79.5 Å². The number of nitrogens with zero attached hydrogens (tertiary/aromatic N) is 1. The Kier molecular flexibility index (Phi) is 10.9. The summed E-state index contributed by atoms with van der Waals surface area (Å²) in [4.78, 5) is 27.9. The summed E-state index contributed by atoms with van der Waals surface area (Å²) >= 11 is 6.02. The van der Waals surface area contributed by atoms with E-state index < -0.39 is 69.0 Å². The highest BCUT2D eigenvalue weighted by atomic mass is 35.5. The van der Waals surface area contributed by atoms with Gasteiger partial charge in [0, 0.05) is 11.6 Å². The standard InChI is InChI=1S/C28H35ClF3N3O6S/c1-16(2)24(25(36)28(30,31)32)34-26(37)23-13-21(42(39,40)15-17-7-9-20(41-3)10-8-17)14-35(23)27(38)22(33)12-18-5-4-6-19(29)11-18/h4-11,16,21-25,36H,12-15,33H2,1-3H3,(H,34,37)/t21-,22+,23+,24+,25+/m1/s1. The summed E-state index contributed by atoms with van der Waals surface area (Å²) in [5.74, 6) is -2.46. The molecule has 0 saturated carbocycles. The van der Waals surface area contributed by atoms with E-state index in [4.69, 9.17) is 22.1 Å². The van der Waals surface area contributed by atoms with Crippen molar-refractivity contribution in [1.82, 2.24) is 10.2 Å². The molecule has 2 aromatic carbocycles. The van der Waals surface area contributed by atoms with Crippen LogP contribution in [-0.2, 0) is 31.6 Å². The zero-order valence-corrected chi connectivity index (χ0v) is 24.9. The van der Waals surface area contributed by atoms with Gasteiger partial charge in [0.2, 0.25) is 11.8 Å². The minimum Gasteiger partial charge on any atom is -0.497 e. The molecule has 1 aliphatic heterocycles. The number of nitrogens with two attached hydrogens (primary N) is 1. The third kappa shape index (κ3) is 8.36. The van der Waals surface area contributed by atoms with Crippen LogP contribution >= 0.6 is 11.6 Å². The lowest BCUT2D eigenvalue weighted by Crippen LogP contribution is -2.58. The number of halogens is 4. The predicted molar refractivity (Wildman–Crippen MR) is 151 cm³/mol. The number of sulfone groups is 1. The Hall–Kier alpha value is -2.87. The number of nitrogens with one attached hydrogen (secondary N) is 1. The number of likely N-dealkylation sites (tertiary alicyclic amines) is 1. The lowest BCUT2D eigenvalue weighted by Gasteiger charge is -2.32. The Balaban J connectivity index is 1.88. The molecule has 0 radical (unpaired) electrons.